The van der Waals surface area contributed by atoms with Crippen LogP contribution in [0.25, 0.3) is 0 Å². The average molecular weight is 410 g/mol. The van der Waals surface area contributed by atoms with Gasteiger partial charge in [0.1, 0.15) is 11.6 Å². The Balaban J connectivity index is 1.45. The monoisotopic (exact) mass is 410 g/mol. The SMILES string of the molecule is COc1ccc(N2C[C@@H](C(=O)N3CCCC[C@@H](c4ccc(F)cc4)C3)CC2=O)cc1. The van der Waals surface area contributed by atoms with Crippen LogP contribution in [0, 0.1) is 11.7 Å². The Morgan fingerprint density at radius 3 is 2.47 bits per heavy atom. The molecule has 6 heteroatoms. The molecule has 0 bridgehead atoms. The smallest absolute Gasteiger partial charge is 0.228 e. The van der Waals surface area contributed by atoms with E-state index in [0.717, 1.165) is 36.3 Å². The van der Waals surface area contributed by atoms with E-state index < -0.39 is 0 Å². The minimum Gasteiger partial charge on any atom is -0.497 e. The standard InChI is InChI=1S/C24H27FN2O3/c1-30-22-11-9-21(10-12-22)27-16-19(14-23(27)28)24(29)26-13-3-2-4-18(15-26)17-5-7-20(25)8-6-17/h5-12,18-19H,2-4,13-16H2,1H3/t18-,19+/m1/s1. The summed E-state index contributed by atoms with van der Waals surface area (Å²) in [5.41, 5.74) is 1.86. The van der Waals surface area contributed by atoms with E-state index >= 15 is 0 Å². The van der Waals surface area contributed by atoms with Gasteiger partial charge < -0.3 is 14.5 Å². The second-order valence-corrected chi connectivity index (χ2v) is 8.13. The number of rotatable bonds is 4. The van der Waals surface area contributed by atoms with Gasteiger partial charge in [0, 0.05) is 37.7 Å². The molecule has 0 saturated carbocycles. The van der Waals surface area contributed by atoms with Crippen LogP contribution in [-0.4, -0.2) is 43.5 Å². The zero-order valence-corrected chi connectivity index (χ0v) is 17.2. The number of methoxy groups -OCH3 is 1. The quantitative estimate of drug-likeness (QED) is 0.766. The van der Waals surface area contributed by atoms with Crippen LogP contribution in [0.3, 0.4) is 0 Å². The molecular formula is C24H27FN2O3. The van der Waals surface area contributed by atoms with E-state index in [1.54, 1.807) is 12.0 Å². The largest absolute Gasteiger partial charge is 0.497 e. The van der Waals surface area contributed by atoms with Crippen LogP contribution in [0.1, 0.15) is 37.2 Å². The Bertz CT molecular complexity index is 898. The van der Waals surface area contributed by atoms with Gasteiger partial charge in [-0.1, -0.05) is 18.6 Å². The summed E-state index contributed by atoms with van der Waals surface area (Å²) in [7, 11) is 1.60. The summed E-state index contributed by atoms with van der Waals surface area (Å²) in [5.74, 6) is 0.382. The summed E-state index contributed by atoms with van der Waals surface area (Å²) in [5, 5.41) is 0. The van der Waals surface area contributed by atoms with Crippen molar-refractivity contribution in [1.29, 1.82) is 0 Å². The summed E-state index contributed by atoms with van der Waals surface area (Å²) in [6.45, 7) is 1.74. The van der Waals surface area contributed by atoms with Crippen LogP contribution in [0.4, 0.5) is 10.1 Å². The summed E-state index contributed by atoms with van der Waals surface area (Å²) in [6, 6.07) is 13.9. The molecule has 0 radical (unpaired) electrons. The molecule has 2 fully saturated rings. The lowest BCUT2D eigenvalue weighted by atomic mass is 9.94. The molecule has 2 aliphatic rings. The Labute approximate surface area is 176 Å². The van der Waals surface area contributed by atoms with Crippen LogP contribution in [0.5, 0.6) is 5.75 Å². The van der Waals surface area contributed by atoms with Crippen LogP contribution < -0.4 is 9.64 Å². The summed E-state index contributed by atoms with van der Waals surface area (Å²) >= 11 is 0. The molecule has 2 aliphatic heterocycles. The van der Waals surface area contributed by atoms with Crippen molar-refractivity contribution >= 4 is 17.5 Å². The van der Waals surface area contributed by atoms with Gasteiger partial charge in [0.05, 0.1) is 13.0 Å². The third kappa shape index (κ3) is 4.32. The second-order valence-electron chi connectivity index (χ2n) is 8.13. The molecule has 30 heavy (non-hydrogen) atoms. The molecule has 0 aliphatic carbocycles. The predicted octanol–water partition coefficient (Wildman–Crippen LogP) is 3.98. The van der Waals surface area contributed by atoms with Crippen molar-refractivity contribution in [2.45, 2.75) is 31.6 Å². The first-order chi connectivity index (χ1) is 14.5. The van der Waals surface area contributed by atoms with E-state index in [-0.39, 0.29) is 35.9 Å². The predicted molar refractivity (Wildman–Crippen MR) is 113 cm³/mol. The lowest BCUT2D eigenvalue weighted by molar-refractivity contribution is -0.135. The summed E-state index contributed by atoms with van der Waals surface area (Å²) in [4.78, 5) is 29.5. The molecule has 0 aromatic heterocycles. The maximum absolute atomic E-state index is 13.3. The van der Waals surface area contributed by atoms with Crippen LogP contribution in [-0.2, 0) is 9.59 Å². The first-order valence-electron chi connectivity index (χ1n) is 10.5. The third-order valence-corrected chi connectivity index (χ3v) is 6.18. The molecule has 2 aromatic rings. The summed E-state index contributed by atoms with van der Waals surface area (Å²) < 4.78 is 18.5. The molecular weight excluding hydrogens is 383 g/mol. The highest BCUT2D eigenvalue weighted by Gasteiger charge is 2.38. The van der Waals surface area contributed by atoms with Gasteiger partial charge in [-0.2, -0.15) is 0 Å². The van der Waals surface area contributed by atoms with Gasteiger partial charge in [-0.15, -0.1) is 0 Å². The number of ether oxygens (including phenoxy) is 1. The number of benzene rings is 2. The third-order valence-electron chi connectivity index (χ3n) is 6.18. The molecule has 2 heterocycles. The molecule has 2 saturated heterocycles. The molecule has 0 N–H and O–H groups in total. The molecule has 2 atom stereocenters. The van der Waals surface area contributed by atoms with Crippen molar-refractivity contribution in [3.8, 4) is 5.75 Å². The van der Waals surface area contributed by atoms with Gasteiger partial charge in [0.25, 0.3) is 0 Å². The van der Waals surface area contributed by atoms with Gasteiger partial charge in [0.15, 0.2) is 0 Å². The number of hydrogen-bond acceptors (Lipinski definition) is 3. The van der Waals surface area contributed by atoms with E-state index in [1.807, 2.05) is 41.3 Å². The van der Waals surface area contributed by atoms with Crippen molar-refractivity contribution in [3.63, 3.8) is 0 Å². The minimum absolute atomic E-state index is 0.0246. The maximum atomic E-state index is 13.3. The number of nitrogens with zero attached hydrogens (tertiary/aromatic N) is 2. The number of carbonyl (C=O) groups excluding carboxylic acids is 2. The van der Waals surface area contributed by atoms with Gasteiger partial charge in [0.2, 0.25) is 11.8 Å². The van der Waals surface area contributed by atoms with Gasteiger partial charge in [-0.05, 0) is 54.8 Å². The van der Waals surface area contributed by atoms with E-state index in [2.05, 4.69) is 0 Å². The fourth-order valence-electron chi connectivity index (χ4n) is 4.49. The molecule has 4 rings (SSSR count). The van der Waals surface area contributed by atoms with Crippen molar-refractivity contribution in [1.82, 2.24) is 4.90 Å². The lowest BCUT2D eigenvalue weighted by Crippen LogP contribution is -2.39. The van der Waals surface area contributed by atoms with E-state index in [4.69, 9.17) is 4.74 Å². The Kier molecular flexibility index (Phi) is 6.02. The maximum Gasteiger partial charge on any atom is 0.228 e. The normalized spacial score (nSPS) is 22.1. The molecule has 0 unspecified atom stereocenters. The molecule has 5 nitrogen and oxygen atoms in total. The van der Waals surface area contributed by atoms with E-state index in [9.17, 15) is 14.0 Å². The fourth-order valence-corrected chi connectivity index (χ4v) is 4.49. The molecule has 158 valence electrons. The molecule has 0 spiro atoms. The van der Waals surface area contributed by atoms with E-state index in [0.29, 0.717) is 19.6 Å². The van der Waals surface area contributed by atoms with Crippen molar-refractivity contribution in [2.75, 3.05) is 31.6 Å². The van der Waals surface area contributed by atoms with Gasteiger partial charge in [-0.3, -0.25) is 9.59 Å². The lowest BCUT2D eigenvalue weighted by Gasteiger charge is -2.27. The van der Waals surface area contributed by atoms with E-state index in [1.165, 1.54) is 12.1 Å². The second kappa shape index (κ2) is 8.86. The number of amides is 2. The van der Waals surface area contributed by atoms with Crippen LogP contribution >= 0.6 is 0 Å². The highest BCUT2D eigenvalue weighted by molar-refractivity contribution is 6.00. The van der Waals surface area contributed by atoms with Gasteiger partial charge >= 0.3 is 0 Å². The fraction of sp³-hybridized carbons (Fsp3) is 0.417. The number of anilines is 1. The summed E-state index contributed by atoms with van der Waals surface area (Å²) in [6.07, 6.45) is 3.21. The topological polar surface area (TPSA) is 49.9 Å². The first-order valence-corrected chi connectivity index (χ1v) is 10.5. The zero-order valence-electron chi connectivity index (χ0n) is 17.2. The van der Waals surface area contributed by atoms with Crippen LogP contribution in [0.15, 0.2) is 48.5 Å². The zero-order chi connectivity index (χ0) is 21.1. The molecule has 2 amide bonds. The molecule has 2 aromatic carbocycles. The number of likely N-dealkylation sites (tertiary alicyclic amines) is 1. The minimum atomic E-state index is -0.327. The highest BCUT2D eigenvalue weighted by atomic mass is 19.1. The van der Waals surface area contributed by atoms with Gasteiger partial charge in [-0.25, -0.2) is 4.39 Å². The van der Waals surface area contributed by atoms with Crippen molar-refractivity contribution < 1.29 is 18.7 Å². The number of carbonyl (C=O) groups is 2. The highest BCUT2D eigenvalue weighted by Crippen LogP contribution is 2.31. The Morgan fingerprint density at radius 2 is 1.77 bits per heavy atom. The van der Waals surface area contributed by atoms with Crippen LogP contribution in [0.2, 0.25) is 0 Å². The Morgan fingerprint density at radius 1 is 1.03 bits per heavy atom. The Hall–Kier alpha value is -2.89. The number of hydrogen-bond donors (Lipinski definition) is 0. The average Bonchev–Trinajstić information content (AvgIpc) is 2.99. The van der Waals surface area contributed by atoms with Crippen molar-refractivity contribution in [3.05, 3.63) is 59.9 Å². The first kappa shape index (κ1) is 20.4. The number of halogens is 1. The van der Waals surface area contributed by atoms with Crippen molar-refractivity contribution in [2.24, 2.45) is 5.92 Å².